The van der Waals surface area contributed by atoms with E-state index in [0.717, 1.165) is 32.8 Å². The summed E-state index contributed by atoms with van der Waals surface area (Å²) in [5.41, 5.74) is 3.11. The smallest absolute Gasteiger partial charge is 0.257 e. The zero-order valence-electron chi connectivity index (χ0n) is 26.6. The summed E-state index contributed by atoms with van der Waals surface area (Å²) in [6, 6.07) is 27.9. The topological polar surface area (TPSA) is 80.7 Å². The van der Waals surface area contributed by atoms with E-state index in [-0.39, 0.29) is 31.3 Å². The van der Waals surface area contributed by atoms with Crippen molar-refractivity contribution in [2.45, 2.75) is 43.6 Å². The Kier molecular flexibility index (Phi) is 10.9. The van der Waals surface area contributed by atoms with Crippen LogP contribution in [-0.2, 0) is 22.6 Å². The standard InChI is InChI=1S/C38H31F5N2O4S/c1-21-28(20-50-29-7-2-3-16-44-29)48-38(49-36(21)25-10-8-22(19-46)9-11-25)26-14-12-24(13-15-26)27-6-4-5-23(17-27)18-45-37(47)30-31(39)33(41)35(43)34(42)32(30)40/h2-17,21,28,36,38,46H,18-20H2,1H3,(H,45,47). The second kappa shape index (κ2) is 15.5. The first-order chi connectivity index (χ1) is 24.1. The number of rotatable bonds is 10. The molecule has 4 atom stereocenters. The molecule has 6 rings (SSSR count). The summed E-state index contributed by atoms with van der Waals surface area (Å²) in [4.78, 5) is 16.9. The molecule has 4 unspecified atom stereocenters. The average Bonchev–Trinajstić information content (AvgIpc) is 3.16. The van der Waals surface area contributed by atoms with Crippen molar-refractivity contribution in [3.8, 4) is 11.1 Å². The molecule has 0 radical (unpaired) electrons. The lowest BCUT2D eigenvalue weighted by atomic mass is 9.91. The van der Waals surface area contributed by atoms with E-state index in [1.54, 1.807) is 36.2 Å². The van der Waals surface area contributed by atoms with Gasteiger partial charge in [-0.2, -0.15) is 0 Å². The molecule has 1 saturated heterocycles. The Morgan fingerprint density at radius 1 is 0.780 bits per heavy atom. The van der Waals surface area contributed by atoms with Crippen LogP contribution in [0.2, 0.25) is 0 Å². The number of carbonyl (C=O) groups is 1. The minimum Gasteiger partial charge on any atom is -0.392 e. The van der Waals surface area contributed by atoms with Crippen molar-refractivity contribution in [1.29, 1.82) is 0 Å². The van der Waals surface area contributed by atoms with Crippen molar-refractivity contribution in [2.24, 2.45) is 5.92 Å². The summed E-state index contributed by atoms with van der Waals surface area (Å²) in [5.74, 6) is -11.9. The van der Waals surface area contributed by atoms with Crippen molar-refractivity contribution in [3.63, 3.8) is 0 Å². The number of nitrogens with zero attached hydrogens (tertiary/aromatic N) is 1. The number of amides is 1. The second-order valence-electron chi connectivity index (χ2n) is 11.8. The SMILES string of the molecule is CC1C(CSc2ccccn2)OC(c2ccc(-c3cccc(CNC(=O)c4c(F)c(F)c(F)c(F)c4F)c3)cc2)OC1c1ccc(CO)cc1. The number of aromatic nitrogens is 1. The first-order valence-electron chi connectivity index (χ1n) is 15.7. The highest BCUT2D eigenvalue weighted by Gasteiger charge is 2.38. The summed E-state index contributed by atoms with van der Waals surface area (Å²) in [6.07, 6.45) is 0.603. The molecule has 50 heavy (non-hydrogen) atoms. The van der Waals surface area contributed by atoms with Gasteiger partial charge in [-0.05, 0) is 46.0 Å². The van der Waals surface area contributed by atoms with Crippen LogP contribution in [0.15, 0.2) is 102 Å². The molecular weight excluding hydrogens is 675 g/mol. The fraction of sp³-hybridized carbons (Fsp3) is 0.211. The van der Waals surface area contributed by atoms with Crippen LogP contribution >= 0.6 is 11.8 Å². The van der Waals surface area contributed by atoms with Crippen LogP contribution in [0.4, 0.5) is 22.0 Å². The Hall–Kier alpha value is -4.62. The predicted octanol–water partition coefficient (Wildman–Crippen LogP) is 8.45. The third kappa shape index (κ3) is 7.58. The van der Waals surface area contributed by atoms with E-state index in [2.05, 4.69) is 17.2 Å². The van der Waals surface area contributed by atoms with Crippen molar-refractivity contribution < 1.29 is 41.3 Å². The highest BCUT2D eigenvalue weighted by Crippen LogP contribution is 2.43. The molecule has 258 valence electrons. The molecule has 1 aliphatic heterocycles. The van der Waals surface area contributed by atoms with Crippen molar-refractivity contribution in [1.82, 2.24) is 10.3 Å². The van der Waals surface area contributed by atoms with Crippen LogP contribution in [0.25, 0.3) is 11.1 Å². The number of nitrogens with one attached hydrogen (secondary N) is 1. The van der Waals surface area contributed by atoms with Gasteiger partial charge in [0, 0.05) is 30.0 Å². The summed E-state index contributed by atoms with van der Waals surface area (Å²) >= 11 is 1.60. The molecule has 12 heteroatoms. The normalized spacial score (nSPS) is 18.9. The molecule has 1 fully saturated rings. The number of benzene rings is 4. The zero-order chi connectivity index (χ0) is 35.4. The van der Waals surface area contributed by atoms with Gasteiger partial charge in [0.25, 0.3) is 5.91 Å². The zero-order valence-corrected chi connectivity index (χ0v) is 27.4. The lowest BCUT2D eigenvalue weighted by Crippen LogP contribution is -2.38. The largest absolute Gasteiger partial charge is 0.392 e. The number of pyridine rings is 1. The van der Waals surface area contributed by atoms with Gasteiger partial charge in [0.1, 0.15) is 5.56 Å². The lowest BCUT2D eigenvalue weighted by molar-refractivity contribution is -0.268. The molecule has 0 saturated carbocycles. The number of aliphatic hydroxyl groups excluding tert-OH is 1. The molecule has 0 bridgehead atoms. The Bertz CT molecular complexity index is 1940. The van der Waals surface area contributed by atoms with Gasteiger partial charge < -0.3 is 19.9 Å². The average molecular weight is 707 g/mol. The highest BCUT2D eigenvalue weighted by molar-refractivity contribution is 7.99. The third-order valence-electron chi connectivity index (χ3n) is 8.49. The molecule has 1 amide bonds. The lowest BCUT2D eigenvalue weighted by Gasteiger charge is -2.41. The van der Waals surface area contributed by atoms with E-state index in [4.69, 9.17) is 9.47 Å². The van der Waals surface area contributed by atoms with Crippen molar-refractivity contribution >= 4 is 17.7 Å². The Balaban J connectivity index is 1.18. The maximum Gasteiger partial charge on any atom is 0.257 e. The summed E-state index contributed by atoms with van der Waals surface area (Å²) in [6.45, 7) is 1.80. The fourth-order valence-electron chi connectivity index (χ4n) is 5.68. The summed E-state index contributed by atoms with van der Waals surface area (Å²) < 4.78 is 81.9. The number of ether oxygens (including phenoxy) is 2. The van der Waals surface area contributed by atoms with Gasteiger partial charge in [0.15, 0.2) is 29.6 Å². The van der Waals surface area contributed by atoms with Gasteiger partial charge in [0.2, 0.25) is 5.82 Å². The molecule has 5 aromatic rings. The van der Waals surface area contributed by atoms with E-state index in [9.17, 15) is 31.9 Å². The van der Waals surface area contributed by atoms with Gasteiger partial charge in [-0.15, -0.1) is 11.8 Å². The first-order valence-corrected chi connectivity index (χ1v) is 16.7. The summed E-state index contributed by atoms with van der Waals surface area (Å²) in [7, 11) is 0. The number of halogens is 5. The maximum absolute atomic E-state index is 14.1. The Morgan fingerprint density at radius 2 is 1.46 bits per heavy atom. The minimum atomic E-state index is -2.33. The van der Waals surface area contributed by atoms with Gasteiger partial charge in [-0.1, -0.05) is 79.7 Å². The fourth-order valence-corrected chi connectivity index (χ4v) is 6.71. The number of aliphatic hydroxyl groups is 1. The molecule has 0 aliphatic carbocycles. The first kappa shape index (κ1) is 35.2. The van der Waals surface area contributed by atoms with Crippen LogP contribution in [0.1, 0.15) is 51.9 Å². The monoisotopic (exact) mass is 706 g/mol. The predicted molar refractivity (Wildman–Crippen MR) is 177 cm³/mol. The third-order valence-corrected chi connectivity index (χ3v) is 9.52. The number of hydrogen-bond donors (Lipinski definition) is 2. The van der Waals surface area contributed by atoms with Gasteiger partial charge >= 0.3 is 0 Å². The number of carbonyl (C=O) groups excluding carboxylic acids is 1. The molecule has 4 aromatic carbocycles. The van der Waals surface area contributed by atoms with Crippen molar-refractivity contribution in [2.75, 3.05) is 5.75 Å². The molecular formula is C38H31F5N2O4S. The molecule has 2 N–H and O–H groups in total. The van der Waals surface area contributed by atoms with E-state index in [1.165, 1.54) is 0 Å². The number of hydrogen-bond acceptors (Lipinski definition) is 6. The second-order valence-corrected chi connectivity index (χ2v) is 12.8. The van der Waals surface area contributed by atoms with E-state index >= 15 is 0 Å². The molecule has 6 nitrogen and oxygen atoms in total. The number of thioether (sulfide) groups is 1. The van der Waals surface area contributed by atoms with E-state index in [1.807, 2.05) is 72.8 Å². The van der Waals surface area contributed by atoms with Crippen molar-refractivity contribution in [3.05, 3.63) is 154 Å². The molecule has 1 aromatic heterocycles. The highest BCUT2D eigenvalue weighted by atomic mass is 32.2. The minimum absolute atomic E-state index is 0.000896. The molecule has 0 spiro atoms. The van der Waals surface area contributed by atoms with Crippen LogP contribution in [0, 0.1) is 35.0 Å². The van der Waals surface area contributed by atoms with Crippen LogP contribution in [-0.4, -0.2) is 27.9 Å². The van der Waals surface area contributed by atoms with Crippen LogP contribution < -0.4 is 5.32 Å². The maximum atomic E-state index is 14.1. The van der Waals surface area contributed by atoms with Gasteiger partial charge in [-0.3, -0.25) is 4.79 Å². The quantitative estimate of drug-likeness (QED) is 0.0657. The molecule has 2 heterocycles. The van der Waals surface area contributed by atoms with E-state index in [0.29, 0.717) is 11.3 Å². The van der Waals surface area contributed by atoms with Crippen LogP contribution in [0.5, 0.6) is 0 Å². The Labute approximate surface area is 289 Å². The van der Waals surface area contributed by atoms with Gasteiger partial charge in [0.05, 0.1) is 23.8 Å². The van der Waals surface area contributed by atoms with E-state index < -0.39 is 46.8 Å². The van der Waals surface area contributed by atoms with Gasteiger partial charge in [-0.25, -0.2) is 26.9 Å². The summed E-state index contributed by atoms with van der Waals surface area (Å²) in [5, 5.41) is 12.6. The Morgan fingerprint density at radius 3 is 2.12 bits per heavy atom. The molecule has 1 aliphatic rings. The van der Waals surface area contributed by atoms with Crippen LogP contribution in [0.3, 0.4) is 0 Å².